The fourth-order valence-corrected chi connectivity index (χ4v) is 5.12. The van der Waals surface area contributed by atoms with Crippen LogP contribution >= 0.6 is 23.1 Å². The van der Waals surface area contributed by atoms with Crippen molar-refractivity contribution in [2.24, 2.45) is 0 Å². The van der Waals surface area contributed by atoms with E-state index in [2.05, 4.69) is 34.5 Å². The Morgan fingerprint density at radius 1 is 1.33 bits per heavy atom. The molecule has 0 aromatic carbocycles. The molecule has 82 valence electrons. The largest absolute Gasteiger partial charge is 0.316 e. The zero-order valence-electron chi connectivity index (χ0n) is 8.92. The zero-order chi connectivity index (χ0) is 10.1. The molecular weight excluding hydrogens is 222 g/mol. The average Bonchev–Trinajstić information content (AvgIpc) is 2.74. The molecule has 3 heteroatoms. The van der Waals surface area contributed by atoms with E-state index in [1.165, 1.54) is 44.5 Å². The Morgan fingerprint density at radius 2 is 2.33 bits per heavy atom. The summed E-state index contributed by atoms with van der Waals surface area (Å²) in [6, 6.07) is 2.49. The number of thioether (sulfide) groups is 1. The predicted molar refractivity (Wildman–Crippen MR) is 68.2 cm³/mol. The molecule has 3 heterocycles. The molecule has 1 aromatic heterocycles. The fraction of sp³-hybridized carbons (Fsp3) is 0.667. The fourth-order valence-electron chi connectivity index (χ4n) is 2.45. The minimum absolute atomic E-state index is 0.801. The van der Waals surface area contributed by atoms with Crippen molar-refractivity contribution >= 4 is 23.1 Å². The highest BCUT2D eigenvalue weighted by molar-refractivity contribution is 8.01. The van der Waals surface area contributed by atoms with Gasteiger partial charge in [0.1, 0.15) is 0 Å². The van der Waals surface area contributed by atoms with Crippen molar-refractivity contribution < 1.29 is 0 Å². The Morgan fingerprint density at radius 3 is 3.13 bits per heavy atom. The van der Waals surface area contributed by atoms with Gasteiger partial charge in [-0.25, -0.2) is 0 Å². The first-order valence-electron chi connectivity index (χ1n) is 5.89. The Kier molecular flexibility index (Phi) is 3.04. The van der Waals surface area contributed by atoms with Crippen molar-refractivity contribution in [2.45, 2.75) is 35.8 Å². The number of hydrogen-bond acceptors (Lipinski definition) is 3. The molecule has 0 saturated carbocycles. The number of piperidine rings is 1. The normalized spacial score (nSPS) is 26.3. The van der Waals surface area contributed by atoms with Crippen LogP contribution in [0.15, 0.2) is 10.3 Å². The van der Waals surface area contributed by atoms with E-state index >= 15 is 0 Å². The molecule has 3 rings (SSSR count). The van der Waals surface area contributed by atoms with E-state index in [9.17, 15) is 0 Å². The molecule has 0 bridgehead atoms. The Hall–Kier alpha value is 0.0100. The lowest BCUT2D eigenvalue weighted by Crippen LogP contribution is -2.27. The number of nitrogens with one attached hydrogen (secondary N) is 1. The van der Waals surface area contributed by atoms with E-state index in [0.29, 0.717) is 0 Å². The lowest BCUT2D eigenvalue weighted by molar-refractivity contribution is 0.466. The zero-order valence-corrected chi connectivity index (χ0v) is 10.6. The van der Waals surface area contributed by atoms with Crippen molar-refractivity contribution in [1.82, 2.24) is 5.32 Å². The second-order valence-corrected chi connectivity index (χ2v) is 6.90. The predicted octanol–water partition coefficient (Wildman–Crippen LogP) is 3.25. The molecule has 0 amide bonds. The molecule has 0 radical (unpaired) electrons. The van der Waals surface area contributed by atoms with Crippen LogP contribution in [0, 0.1) is 0 Å². The second kappa shape index (κ2) is 4.48. The van der Waals surface area contributed by atoms with Gasteiger partial charge in [0.2, 0.25) is 0 Å². The van der Waals surface area contributed by atoms with E-state index in [-0.39, 0.29) is 0 Å². The van der Waals surface area contributed by atoms with E-state index < -0.39 is 0 Å². The first-order chi connectivity index (χ1) is 7.43. The number of aryl methyl sites for hydroxylation is 1. The minimum Gasteiger partial charge on any atom is -0.316 e. The third-order valence-electron chi connectivity index (χ3n) is 3.31. The van der Waals surface area contributed by atoms with Crippen LogP contribution in [0.3, 0.4) is 0 Å². The molecule has 1 N–H and O–H groups in total. The lowest BCUT2D eigenvalue weighted by Gasteiger charge is -2.21. The van der Waals surface area contributed by atoms with Crippen LogP contribution in [0.4, 0.5) is 0 Å². The first kappa shape index (κ1) is 10.2. The van der Waals surface area contributed by atoms with E-state index in [1.807, 2.05) is 0 Å². The summed E-state index contributed by atoms with van der Waals surface area (Å²) in [7, 11) is 0. The highest BCUT2D eigenvalue weighted by Crippen LogP contribution is 2.40. The van der Waals surface area contributed by atoms with E-state index in [0.717, 1.165) is 5.92 Å². The molecule has 1 aromatic rings. The summed E-state index contributed by atoms with van der Waals surface area (Å²) in [6.07, 6.45) is 5.42. The van der Waals surface area contributed by atoms with Gasteiger partial charge in [0.25, 0.3) is 0 Å². The van der Waals surface area contributed by atoms with Gasteiger partial charge < -0.3 is 5.32 Å². The van der Waals surface area contributed by atoms with Crippen molar-refractivity contribution in [3.63, 3.8) is 0 Å². The molecule has 2 aliphatic heterocycles. The van der Waals surface area contributed by atoms with E-state index in [4.69, 9.17) is 0 Å². The topological polar surface area (TPSA) is 12.0 Å². The summed E-state index contributed by atoms with van der Waals surface area (Å²) in [4.78, 5) is 1.64. The molecule has 0 spiro atoms. The summed E-state index contributed by atoms with van der Waals surface area (Å²) in [6.45, 7) is 2.42. The highest BCUT2D eigenvalue weighted by atomic mass is 32.2. The second-order valence-electron chi connectivity index (χ2n) is 4.46. The van der Waals surface area contributed by atoms with Crippen molar-refractivity contribution in [2.75, 3.05) is 18.8 Å². The van der Waals surface area contributed by atoms with Crippen molar-refractivity contribution in [3.05, 3.63) is 16.5 Å². The van der Waals surface area contributed by atoms with Gasteiger partial charge in [-0.15, -0.1) is 23.1 Å². The van der Waals surface area contributed by atoms with Gasteiger partial charge in [0, 0.05) is 17.3 Å². The minimum atomic E-state index is 0.801. The SMILES string of the molecule is c1c(C2CCCNC2)sc2c1CCCS2. The van der Waals surface area contributed by atoms with Crippen LogP contribution in [-0.4, -0.2) is 18.8 Å². The van der Waals surface area contributed by atoms with Crippen LogP contribution in [0.1, 0.15) is 35.6 Å². The van der Waals surface area contributed by atoms with Crippen LogP contribution in [0.25, 0.3) is 0 Å². The molecule has 15 heavy (non-hydrogen) atoms. The number of hydrogen-bond donors (Lipinski definition) is 1. The Balaban J connectivity index is 1.82. The molecule has 2 aliphatic rings. The quantitative estimate of drug-likeness (QED) is 0.807. The van der Waals surface area contributed by atoms with Gasteiger partial charge in [-0.2, -0.15) is 0 Å². The Labute approximate surface area is 99.7 Å². The number of rotatable bonds is 1. The maximum atomic E-state index is 3.51. The standard InChI is InChI=1S/C12H17NS2/c1-3-10(8-13-5-1)11-7-9-4-2-6-14-12(9)15-11/h7,10,13H,1-6,8H2. The molecule has 0 aliphatic carbocycles. The third kappa shape index (κ3) is 2.10. The molecule has 1 saturated heterocycles. The van der Waals surface area contributed by atoms with Crippen LogP contribution in [-0.2, 0) is 6.42 Å². The van der Waals surface area contributed by atoms with Gasteiger partial charge in [-0.1, -0.05) is 0 Å². The Bertz CT molecular complexity index is 316. The van der Waals surface area contributed by atoms with Gasteiger partial charge in [-0.05, 0) is 49.6 Å². The monoisotopic (exact) mass is 239 g/mol. The van der Waals surface area contributed by atoms with Gasteiger partial charge >= 0.3 is 0 Å². The van der Waals surface area contributed by atoms with Crippen molar-refractivity contribution in [1.29, 1.82) is 0 Å². The summed E-state index contributed by atoms with van der Waals surface area (Å²) >= 11 is 4.14. The van der Waals surface area contributed by atoms with E-state index in [1.54, 1.807) is 14.6 Å². The average molecular weight is 239 g/mol. The highest BCUT2D eigenvalue weighted by Gasteiger charge is 2.20. The maximum absolute atomic E-state index is 3.51. The molecule has 1 nitrogen and oxygen atoms in total. The van der Waals surface area contributed by atoms with Gasteiger partial charge in [0.15, 0.2) is 0 Å². The molecule has 1 unspecified atom stereocenters. The lowest BCUT2D eigenvalue weighted by atomic mass is 9.97. The summed E-state index contributed by atoms with van der Waals surface area (Å²) < 4.78 is 1.61. The molecular formula is C12H17NS2. The van der Waals surface area contributed by atoms with Crippen LogP contribution in [0.5, 0.6) is 0 Å². The molecule has 1 atom stereocenters. The van der Waals surface area contributed by atoms with Gasteiger partial charge in [0.05, 0.1) is 4.21 Å². The summed E-state index contributed by atoms with van der Waals surface area (Å²) in [5.74, 6) is 2.13. The number of thiophene rings is 1. The van der Waals surface area contributed by atoms with Gasteiger partial charge in [-0.3, -0.25) is 0 Å². The summed E-state index contributed by atoms with van der Waals surface area (Å²) in [5.41, 5.74) is 1.64. The third-order valence-corrected chi connectivity index (χ3v) is 6.07. The maximum Gasteiger partial charge on any atom is 0.0633 e. The first-order valence-corrected chi connectivity index (χ1v) is 7.70. The number of fused-ring (bicyclic) bond motifs is 1. The van der Waals surface area contributed by atoms with Crippen LogP contribution in [0.2, 0.25) is 0 Å². The summed E-state index contributed by atoms with van der Waals surface area (Å²) in [5, 5.41) is 3.51. The smallest absolute Gasteiger partial charge is 0.0633 e. The molecule has 1 fully saturated rings. The van der Waals surface area contributed by atoms with Crippen LogP contribution < -0.4 is 5.32 Å². The van der Waals surface area contributed by atoms with Crippen molar-refractivity contribution in [3.8, 4) is 0 Å².